The average molecular weight is 241 g/mol. The van der Waals surface area contributed by atoms with E-state index in [0.717, 1.165) is 0 Å². The first-order valence-corrected chi connectivity index (χ1v) is 4.72. The van der Waals surface area contributed by atoms with Crippen molar-refractivity contribution < 1.29 is 9.18 Å². The fourth-order valence-electron chi connectivity index (χ4n) is 1.45. The van der Waals surface area contributed by atoms with Crippen LogP contribution in [0.1, 0.15) is 0 Å². The first kappa shape index (κ1) is 10.6. The van der Waals surface area contributed by atoms with Crippen LogP contribution < -0.4 is 10.9 Å². The molecule has 1 aromatic carbocycles. The summed E-state index contributed by atoms with van der Waals surface area (Å²) in [6, 6.07) is 2.71. The fourth-order valence-corrected chi connectivity index (χ4v) is 1.70. The Balaban J connectivity index is 2.88. The number of H-pyrrole nitrogens is 1. The van der Waals surface area contributed by atoms with Gasteiger partial charge in [-0.1, -0.05) is 11.6 Å². The third-order valence-electron chi connectivity index (χ3n) is 2.17. The van der Waals surface area contributed by atoms with Crippen LogP contribution >= 0.6 is 11.6 Å². The van der Waals surface area contributed by atoms with Crippen LogP contribution in [-0.2, 0) is 4.79 Å². The number of hydrogen-bond acceptors (Lipinski definition) is 2. The van der Waals surface area contributed by atoms with Gasteiger partial charge in [-0.15, -0.1) is 0 Å². The van der Waals surface area contributed by atoms with Gasteiger partial charge in [-0.2, -0.15) is 0 Å². The van der Waals surface area contributed by atoms with Crippen molar-refractivity contribution in [2.75, 3.05) is 5.32 Å². The summed E-state index contributed by atoms with van der Waals surface area (Å²) in [5.41, 5.74) is -0.564. The lowest BCUT2D eigenvalue weighted by molar-refractivity contribution is -0.105. The fraction of sp³-hybridized carbons (Fsp3) is 0. The molecule has 0 radical (unpaired) electrons. The van der Waals surface area contributed by atoms with Crippen LogP contribution in [0.5, 0.6) is 0 Å². The quantitative estimate of drug-likeness (QED) is 0.788. The highest BCUT2D eigenvalue weighted by molar-refractivity contribution is 6.34. The zero-order chi connectivity index (χ0) is 11.7. The largest absolute Gasteiger partial charge is 0.329 e. The van der Waals surface area contributed by atoms with Crippen molar-refractivity contribution in [3.63, 3.8) is 0 Å². The topological polar surface area (TPSA) is 62.0 Å². The van der Waals surface area contributed by atoms with E-state index in [4.69, 9.17) is 11.6 Å². The summed E-state index contributed by atoms with van der Waals surface area (Å²) in [5.74, 6) is -0.722. The number of amides is 1. The normalized spacial score (nSPS) is 10.4. The molecule has 0 unspecified atom stereocenters. The number of pyridine rings is 1. The Morgan fingerprint density at radius 2 is 2.19 bits per heavy atom. The molecule has 0 atom stereocenters. The van der Waals surface area contributed by atoms with Crippen LogP contribution in [-0.4, -0.2) is 11.4 Å². The number of rotatable bonds is 2. The Morgan fingerprint density at radius 3 is 2.88 bits per heavy atom. The van der Waals surface area contributed by atoms with Gasteiger partial charge in [0.15, 0.2) is 5.82 Å². The predicted molar refractivity (Wildman–Crippen MR) is 59.2 cm³/mol. The number of fused-ring (bicyclic) bond motifs is 1. The maximum absolute atomic E-state index is 13.8. The zero-order valence-corrected chi connectivity index (χ0v) is 8.64. The Bertz CT molecular complexity index is 624. The second-order valence-electron chi connectivity index (χ2n) is 3.08. The second kappa shape index (κ2) is 3.94. The molecule has 82 valence electrons. The number of nitrogens with one attached hydrogen (secondary N) is 2. The molecule has 0 aliphatic carbocycles. The van der Waals surface area contributed by atoms with Gasteiger partial charge in [-0.3, -0.25) is 9.59 Å². The minimum atomic E-state index is -0.722. The molecular formula is C10H6ClFN2O2. The Kier molecular flexibility index (Phi) is 2.62. The molecule has 1 amide bonds. The molecule has 2 aromatic rings. The summed E-state index contributed by atoms with van der Waals surface area (Å²) < 4.78 is 13.8. The van der Waals surface area contributed by atoms with Crippen LogP contribution in [0.15, 0.2) is 23.1 Å². The van der Waals surface area contributed by atoms with Crippen LogP contribution in [0, 0.1) is 5.82 Å². The van der Waals surface area contributed by atoms with Gasteiger partial charge >= 0.3 is 0 Å². The molecule has 0 saturated heterocycles. The van der Waals surface area contributed by atoms with Crippen molar-refractivity contribution in [1.29, 1.82) is 0 Å². The molecule has 0 fully saturated rings. The van der Waals surface area contributed by atoms with Crippen molar-refractivity contribution >= 4 is 34.5 Å². The van der Waals surface area contributed by atoms with Crippen molar-refractivity contribution in [2.45, 2.75) is 0 Å². The van der Waals surface area contributed by atoms with E-state index in [9.17, 15) is 14.0 Å². The minimum absolute atomic E-state index is 0.0196. The molecule has 4 nitrogen and oxygen atoms in total. The number of carbonyl (C=O) groups excluding carboxylic acids is 1. The monoisotopic (exact) mass is 240 g/mol. The maximum atomic E-state index is 13.8. The van der Waals surface area contributed by atoms with Crippen molar-refractivity contribution in [3.8, 4) is 0 Å². The van der Waals surface area contributed by atoms with E-state index in [2.05, 4.69) is 10.3 Å². The number of hydrogen-bond donors (Lipinski definition) is 2. The molecule has 2 N–H and O–H groups in total. The molecule has 6 heteroatoms. The third kappa shape index (κ3) is 1.55. The number of anilines is 1. The van der Waals surface area contributed by atoms with Gasteiger partial charge in [-0.25, -0.2) is 4.39 Å². The summed E-state index contributed by atoms with van der Waals surface area (Å²) in [7, 11) is 0. The number of aromatic amines is 1. The molecule has 2 rings (SSSR count). The molecule has 0 aliphatic heterocycles. The lowest BCUT2D eigenvalue weighted by Crippen LogP contribution is -2.07. The van der Waals surface area contributed by atoms with E-state index >= 15 is 0 Å². The molecule has 0 aliphatic rings. The van der Waals surface area contributed by atoms with E-state index in [1.807, 2.05) is 0 Å². The highest BCUT2D eigenvalue weighted by Crippen LogP contribution is 2.30. The van der Waals surface area contributed by atoms with Gasteiger partial charge < -0.3 is 10.3 Å². The number of halogens is 2. The molecule has 0 saturated carbocycles. The van der Waals surface area contributed by atoms with Gasteiger partial charge in [0.2, 0.25) is 6.41 Å². The molecule has 0 bridgehead atoms. The predicted octanol–water partition coefficient (Wildman–Crippen LogP) is 1.89. The Hall–Kier alpha value is -1.88. The van der Waals surface area contributed by atoms with Crippen LogP contribution in [0.25, 0.3) is 10.8 Å². The summed E-state index contributed by atoms with van der Waals surface area (Å²) >= 11 is 5.75. The molecule has 1 aromatic heterocycles. The van der Waals surface area contributed by atoms with Crippen LogP contribution in [0.4, 0.5) is 10.1 Å². The summed E-state index contributed by atoms with van der Waals surface area (Å²) in [6.07, 6.45) is 1.65. The van der Waals surface area contributed by atoms with Gasteiger partial charge in [-0.05, 0) is 12.1 Å². The highest BCUT2D eigenvalue weighted by atomic mass is 35.5. The summed E-state index contributed by atoms with van der Waals surface area (Å²) in [6.45, 7) is 0. The lowest BCUT2D eigenvalue weighted by Gasteiger charge is -2.06. The summed E-state index contributed by atoms with van der Waals surface area (Å²) in [5, 5.41) is 2.39. The summed E-state index contributed by atoms with van der Waals surface area (Å²) in [4.78, 5) is 24.1. The number of benzene rings is 1. The minimum Gasteiger partial charge on any atom is -0.329 e. The number of carbonyl (C=O) groups is 1. The zero-order valence-electron chi connectivity index (χ0n) is 7.88. The second-order valence-corrected chi connectivity index (χ2v) is 3.48. The van der Waals surface area contributed by atoms with Crippen molar-refractivity contribution in [2.24, 2.45) is 0 Å². The van der Waals surface area contributed by atoms with E-state index in [0.29, 0.717) is 6.41 Å². The highest BCUT2D eigenvalue weighted by Gasteiger charge is 2.13. The van der Waals surface area contributed by atoms with Gasteiger partial charge in [0.1, 0.15) is 0 Å². The molecule has 1 heterocycles. The number of aromatic nitrogens is 1. The van der Waals surface area contributed by atoms with Gasteiger partial charge in [0.05, 0.1) is 16.1 Å². The average Bonchev–Trinajstić information content (AvgIpc) is 2.26. The lowest BCUT2D eigenvalue weighted by atomic mass is 10.1. The standard InChI is InChI=1S/C10H6ClFN2O2/c11-7-3-6-5(1-2-13-10(6)16)8(12)9(7)14-4-15/h1-4H,(H,13,16)(H,14,15). The third-order valence-corrected chi connectivity index (χ3v) is 2.47. The smallest absolute Gasteiger partial charge is 0.255 e. The van der Waals surface area contributed by atoms with Gasteiger partial charge in [0, 0.05) is 11.6 Å². The molecule has 0 spiro atoms. The Labute approximate surface area is 94.0 Å². The van der Waals surface area contributed by atoms with Gasteiger partial charge in [0.25, 0.3) is 5.56 Å². The van der Waals surface area contributed by atoms with Crippen LogP contribution in [0.3, 0.4) is 0 Å². The van der Waals surface area contributed by atoms with E-state index < -0.39 is 11.4 Å². The first-order valence-electron chi connectivity index (χ1n) is 4.34. The van der Waals surface area contributed by atoms with Crippen molar-refractivity contribution in [3.05, 3.63) is 39.5 Å². The van der Waals surface area contributed by atoms with E-state index in [1.165, 1.54) is 18.3 Å². The van der Waals surface area contributed by atoms with E-state index in [-0.39, 0.29) is 21.5 Å². The Morgan fingerprint density at radius 1 is 1.44 bits per heavy atom. The van der Waals surface area contributed by atoms with E-state index in [1.54, 1.807) is 0 Å². The molecule has 16 heavy (non-hydrogen) atoms. The first-order chi connectivity index (χ1) is 7.65. The molecular weight excluding hydrogens is 235 g/mol. The maximum Gasteiger partial charge on any atom is 0.255 e. The SMILES string of the molecule is O=CNc1c(Cl)cc2c(=O)[nH]ccc2c1F. The van der Waals surface area contributed by atoms with Crippen molar-refractivity contribution in [1.82, 2.24) is 4.98 Å². The van der Waals surface area contributed by atoms with Crippen LogP contribution in [0.2, 0.25) is 5.02 Å².